The average Bonchev–Trinajstić information content (AvgIpc) is 2.78. The van der Waals surface area contributed by atoms with Crippen molar-refractivity contribution < 1.29 is 14.3 Å². The van der Waals surface area contributed by atoms with E-state index in [0.717, 1.165) is 5.69 Å². The Labute approximate surface area is 139 Å². The minimum Gasteiger partial charge on any atom is -0.480 e. The van der Waals surface area contributed by atoms with Crippen LogP contribution in [0.5, 0.6) is 11.6 Å². The highest BCUT2D eigenvalue weighted by atomic mass is 35.5. The topological polar surface area (TPSA) is 53.4 Å². The number of aryl methyl sites for hydroxylation is 2. The van der Waals surface area contributed by atoms with Crippen LogP contribution in [0, 0.1) is 6.92 Å². The van der Waals surface area contributed by atoms with E-state index in [1.165, 1.54) is 10.7 Å². The monoisotopic (exact) mass is 344 g/mol. The van der Waals surface area contributed by atoms with Gasteiger partial charge in [-0.05, 0) is 25.1 Å². The fourth-order valence-corrected chi connectivity index (χ4v) is 2.02. The molecule has 0 spiro atoms. The number of rotatable bonds is 4. The highest BCUT2D eigenvalue weighted by Crippen LogP contribution is 2.27. The van der Waals surface area contributed by atoms with Gasteiger partial charge in [-0.2, -0.15) is 5.10 Å². The summed E-state index contributed by atoms with van der Waals surface area (Å²) in [5, 5.41) is 4.90. The van der Waals surface area contributed by atoms with E-state index < -0.39 is 5.97 Å². The van der Waals surface area contributed by atoms with Gasteiger partial charge in [-0.15, -0.1) is 0 Å². The first kappa shape index (κ1) is 18.3. The number of esters is 1. The number of ether oxygens (including phenoxy) is 2. The molecule has 22 heavy (non-hydrogen) atoms. The largest absolute Gasteiger partial charge is 0.480 e. The molecule has 1 aromatic carbocycles. The van der Waals surface area contributed by atoms with Crippen molar-refractivity contribution in [2.24, 2.45) is 7.05 Å². The average molecular weight is 345 g/mol. The zero-order valence-corrected chi connectivity index (χ0v) is 14.4. The van der Waals surface area contributed by atoms with Crippen molar-refractivity contribution in [2.45, 2.75) is 20.8 Å². The Bertz CT molecular complexity index is 642. The van der Waals surface area contributed by atoms with Gasteiger partial charge in [-0.25, -0.2) is 9.48 Å². The first-order chi connectivity index (χ1) is 10.5. The van der Waals surface area contributed by atoms with Gasteiger partial charge in [0.1, 0.15) is 5.75 Å². The normalized spacial score (nSPS) is 9.73. The third kappa shape index (κ3) is 5.24. The lowest BCUT2D eigenvalue weighted by atomic mass is 10.3. The van der Waals surface area contributed by atoms with E-state index in [2.05, 4.69) is 5.10 Å². The first-order valence-corrected chi connectivity index (χ1v) is 7.50. The second-order valence-corrected chi connectivity index (χ2v) is 4.93. The van der Waals surface area contributed by atoms with E-state index >= 15 is 0 Å². The summed E-state index contributed by atoms with van der Waals surface area (Å²) in [6.07, 6.45) is 0. The van der Waals surface area contributed by atoms with Crippen molar-refractivity contribution in [3.63, 3.8) is 0 Å². The number of carbonyl (C=O) groups is 1. The quantitative estimate of drug-likeness (QED) is 0.785. The fourth-order valence-electron chi connectivity index (χ4n) is 1.56. The minimum absolute atomic E-state index is 0.258. The third-order valence-electron chi connectivity index (χ3n) is 2.42. The van der Waals surface area contributed by atoms with Gasteiger partial charge in [0.15, 0.2) is 6.61 Å². The first-order valence-electron chi connectivity index (χ1n) is 6.75. The smallest absolute Gasteiger partial charge is 0.350 e. The van der Waals surface area contributed by atoms with E-state index in [9.17, 15) is 4.79 Å². The highest BCUT2D eigenvalue weighted by molar-refractivity contribution is 6.35. The molecule has 0 aliphatic heterocycles. The van der Waals surface area contributed by atoms with Crippen LogP contribution in [0.2, 0.25) is 10.0 Å². The molecule has 0 saturated carbocycles. The number of hydrogen-bond acceptors (Lipinski definition) is 4. The molecule has 0 radical (unpaired) electrons. The lowest BCUT2D eigenvalue weighted by Gasteiger charge is -2.08. The molecule has 1 heterocycles. The standard InChI is InChI=1S/C13H12Cl2N2O3.C2H6/c1-8-5-12(17(2)16-8)20-13(18)7-19-11-4-3-9(14)6-10(11)15;1-2/h3-6H,7H2,1-2H3;1-2H3. The number of benzene rings is 1. The van der Waals surface area contributed by atoms with Gasteiger partial charge in [0.2, 0.25) is 5.88 Å². The van der Waals surface area contributed by atoms with E-state index in [-0.39, 0.29) is 6.61 Å². The van der Waals surface area contributed by atoms with E-state index in [4.69, 9.17) is 32.7 Å². The maximum absolute atomic E-state index is 11.7. The van der Waals surface area contributed by atoms with E-state index in [0.29, 0.717) is 21.7 Å². The van der Waals surface area contributed by atoms with E-state index in [1.807, 2.05) is 13.8 Å². The molecule has 0 fully saturated rings. The molecule has 0 amide bonds. The number of carbonyl (C=O) groups excluding carboxylic acids is 1. The van der Waals surface area contributed by atoms with Gasteiger partial charge in [-0.3, -0.25) is 0 Å². The molecule has 0 saturated heterocycles. The Morgan fingerprint density at radius 3 is 2.50 bits per heavy atom. The lowest BCUT2D eigenvalue weighted by Crippen LogP contribution is -2.19. The minimum atomic E-state index is -0.543. The van der Waals surface area contributed by atoms with Gasteiger partial charge in [0.25, 0.3) is 0 Å². The Hall–Kier alpha value is -1.72. The Balaban J connectivity index is 0.00000116. The fraction of sp³-hybridized carbons (Fsp3) is 0.333. The number of nitrogens with zero attached hydrogens (tertiary/aromatic N) is 2. The molecular formula is C15H18Cl2N2O3. The third-order valence-corrected chi connectivity index (χ3v) is 2.95. The molecule has 7 heteroatoms. The van der Waals surface area contributed by atoms with Gasteiger partial charge in [0, 0.05) is 18.1 Å². The maximum Gasteiger partial charge on any atom is 0.350 e. The van der Waals surface area contributed by atoms with Gasteiger partial charge in [0.05, 0.1) is 10.7 Å². The predicted molar refractivity (Wildman–Crippen MR) is 86.9 cm³/mol. The van der Waals surface area contributed by atoms with Gasteiger partial charge in [-0.1, -0.05) is 37.0 Å². The van der Waals surface area contributed by atoms with Crippen molar-refractivity contribution >= 4 is 29.2 Å². The molecule has 2 rings (SSSR count). The molecule has 2 aromatic rings. The van der Waals surface area contributed by atoms with Crippen LogP contribution in [0.15, 0.2) is 24.3 Å². The number of halogens is 2. The molecule has 0 aliphatic rings. The van der Waals surface area contributed by atoms with Crippen LogP contribution in [-0.4, -0.2) is 22.4 Å². The molecule has 1 aromatic heterocycles. The van der Waals surface area contributed by atoms with Crippen LogP contribution in [0.25, 0.3) is 0 Å². The Kier molecular flexibility index (Phi) is 7.21. The van der Waals surface area contributed by atoms with Crippen molar-refractivity contribution in [3.05, 3.63) is 40.0 Å². The molecule has 0 N–H and O–H groups in total. The lowest BCUT2D eigenvalue weighted by molar-refractivity contribution is -0.137. The van der Waals surface area contributed by atoms with Crippen LogP contribution in [0.3, 0.4) is 0 Å². The molecule has 120 valence electrons. The number of hydrogen-bond donors (Lipinski definition) is 0. The summed E-state index contributed by atoms with van der Waals surface area (Å²) in [4.78, 5) is 11.7. The Morgan fingerprint density at radius 1 is 1.27 bits per heavy atom. The molecule has 5 nitrogen and oxygen atoms in total. The Morgan fingerprint density at radius 2 is 1.95 bits per heavy atom. The van der Waals surface area contributed by atoms with Gasteiger partial charge < -0.3 is 9.47 Å². The van der Waals surface area contributed by atoms with Crippen LogP contribution in [-0.2, 0) is 11.8 Å². The summed E-state index contributed by atoms with van der Waals surface area (Å²) in [6, 6.07) is 6.41. The summed E-state index contributed by atoms with van der Waals surface area (Å²) in [5.74, 6) is 0.187. The highest BCUT2D eigenvalue weighted by Gasteiger charge is 2.11. The molecule has 0 atom stereocenters. The molecule has 0 aliphatic carbocycles. The summed E-state index contributed by atoms with van der Waals surface area (Å²) in [6.45, 7) is 5.55. The van der Waals surface area contributed by atoms with Crippen LogP contribution >= 0.6 is 23.2 Å². The predicted octanol–water partition coefficient (Wildman–Crippen LogP) is 4.05. The van der Waals surface area contributed by atoms with Crippen LogP contribution in [0.1, 0.15) is 19.5 Å². The zero-order valence-electron chi connectivity index (χ0n) is 12.9. The van der Waals surface area contributed by atoms with Crippen molar-refractivity contribution in [1.29, 1.82) is 0 Å². The van der Waals surface area contributed by atoms with Gasteiger partial charge >= 0.3 is 5.97 Å². The second-order valence-electron chi connectivity index (χ2n) is 4.09. The number of aromatic nitrogens is 2. The molecular weight excluding hydrogens is 327 g/mol. The zero-order chi connectivity index (χ0) is 16.7. The van der Waals surface area contributed by atoms with E-state index in [1.54, 1.807) is 32.2 Å². The van der Waals surface area contributed by atoms with Crippen molar-refractivity contribution in [1.82, 2.24) is 9.78 Å². The summed E-state index contributed by atoms with van der Waals surface area (Å²) >= 11 is 11.7. The summed E-state index contributed by atoms with van der Waals surface area (Å²) < 4.78 is 11.9. The van der Waals surface area contributed by atoms with Crippen molar-refractivity contribution in [3.8, 4) is 11.6 Å². The maximum atomic E-state index is 11.7. The SMILES string of the molecule is CC.Cc1cc(OC(=O)COc2ccc(Cl)cc2Cl)n(C)n1. The van der Waals surface area contributed by atoms with Crippen LogP contribution in [0.4, 0.5) is 0 Å². The molecule has 0 unspecified atom stereocenters. The van der Waals surface area contributed by atoms with Crippen LogP contribution < -0.4 is 9.47 Å². The van der Waals surface area contributed by atoms with Crippen molar-refractivity contribution in [2.75, 3.05) is 6.61 Å². The summed E-state index contributed by atoms with van der Waals surface area (Å²) in [7, 11) is 1.69. The second kappa shape index (κ2) is 8.66. The molecule has 0 bridgehead atoms. The summed E-state index contributed by atoms with van der Waals surface area (Å²) in [5.41, 5.74) is 0.761.